The largest absolute Gasteiger partial charge is 0.313 e. The molecule has 3 nitrogen and oxygen atoms in total. The van der Waals surface area contributed by atoms with Crippen LogP contribution < -0.4 is 5.32 Å². The van der Waals surface area contributed by atoms with E-state index in [1.165, 1.54) is 11.1 Å². The topological polar surface area (TPSA) is 34.0 Å². The lowest BCUT2D eigenvalue weighted by atomic mass is 10.1. The molecule has 2 atom stereocenters. The Morgan fingerprint density at radius 1 is 1.16 bits per heavy atom. The van der Waals surface area contributed by atoms with Crippen LogP contribution in [0.4, 0.5) is 0 Å². The SMILES string of the molecule is CNC1CCc2c1cn(S(=O)c1cccc(Cl)c1)c2-c1ccccc1. The summed E-state index contributed by atoms with van der Waals surface area (Å²) in [6, 6.07) is 17.8. The quantitative estimate of drug-likeness (QED) is 0.729. The number of hydrogen-bond donors (Lipinski definition) is 1. The third-order valence-electron chi connectivity index (χ3n) is 4.74. The van der Waals surface area contributed by atoms with Crippen LogP contribution in [0.3, 0.4) is 0 Å². The Balaban J connectivity index is 1.89. The van der Waals surface area contributed by atoms with Crippen molar-refractivity contribution in [3.63, 3.8) is 0 Å². The Labute approximate surface area is 155 Å². The van der Waals surface area contributed by atoms with Gasteiger partial charge < -0.3 is 5.32 Å². The molecule has 0 aliphatic heterocycles. The summed E-state index contributed by atoms with van der Waals surface area (Å²) in [4.78, 5) is 0.708. The Morgan fingerprint density at radius 3 is 2.68 bits per heavy atom. The van der Waals surface area contributed by atoms with Crippen LogP contribution in [0.2, 0.25) is 5.02 Å². The molecule has 0 saturated carbocycles. The van der Waals surface area contributed by atoms with E-state index in [4.69, 9.17) is 11.6 Å². The van der Waals surface area contributed by atoms with Gasteiger partial charge in [0.1, 0.15) is 0 Å². The molecule has 2 unspecified atom stereocenters. The summed E-state index contributed by atoms with van der Waals surface area (Å²) in [6.45, 7) is 0. The fourth-order valence-electron chi connectivity index (χ4n) is 3.56. The summed E-state index contributed by atoms with van der Waals surface area (Å²) in [5.74, 6) is 0. The lowest BCUT2D eigenvalue weighted by Gasteiger charge is -2.12. The van der Waals surface area contributed by atoms with Crippen LogP contribution in [0.1, 0.15) is 23.6 Å². The summed E-state index contributed by atoms with van der Waals surface area (Å²) in [7, 11) is 0.641. The van der Waals surface area contributed by atoms with Gasteiger partial charge in [0.05, 0.1) is 10.6 Å². The molecular weight excluding hydrogens is 352 g/mol. The normalized spacial score (nSPS) is 17.4. The van der Waals surface area contributed by atoms with Gasteiger partial charge >= 0.3 is 0 Å². The van der Waals surface area contributed by atoms with E-state index < -0.39 is 11.0 Å². The second-order valence-corrected chi connectivity index (χ2v) is 7.99. The molecule has 1 aliphatic rings. The van der Waals surface area contributed by atoms with Crippen LogP contribution in [-0.4, -0.2) is 15.2 Å². The van der Waals surface area contributed by atoms with Crippen molar-refractivity contribution >= 4 is 22.6 Å². The smallest absolute Gasteiger partial charge is 0.157 e. The van der Waals surface area contributed by atoms with E-state index in [1.54, 1.807) is 12.1 Å². The molecule has 3 aromatic rings. The number of rotatable bonds is 4. The van der Waals surface area contributed by atoms with E-state index >= 15 is 0 Å². The van der Waals surface area contributed by atoms with Gasteiger partial charge in [-0.3, -0.25) is 3.97 Å². The Bertz CT molecular complexity index is 936. The van der Waals surface area contributed by atoms with Gasteiger partial charge in [0.15, 0.2) is 11.0 Å². The molecule has 1 aliphatic carbocycles. The zero-order valence-corrected chi connectivity index (χ0v) is 15.5. The summed E-state index contributed by atoms with van der Waals surface area (Å²) in [5, 5.41) is 3.96. The zero-order chi connectivity index (χ0) is 17.4. The lowest BCUT2D eigenvalue weighted by Crippen LogP contribution is -2.13. The van der Waals surface area contributed by atoms with E-state index in [0.29, 0.717) is 16.0 Å². The summed E-state index contributed by atoms with van der Waals surface area (Å²) < 4.78 is 15.2. The molecule has 0 spiro atoms. The highest BCUT2D eigenvalue weighted by Crippen LogP contribution is 2.40. The fraction of sp³-hybridized carbons (Fsp3) is 0.200. The first-order chi connectivity index (χ1) is 12.2. The first-order valence-corrected chi connectivity index (χ1v) is 9.82. The van der Waals surface area contributed by atoms with Crippen LogP contribution in [0.15, 0.2) is 65.7 Å². The summed E-state index contributed by atoms with van der Waals surface area (Å²) >= 11 is 6.10. The van der Waals surface area contributed by atoms with Gasteiger partial charge in [0.25, 0.3) is 0 Å². The van der Waals surface area contributed by atoms with Gasteiger partial charge in [-0.15, -0.1) is 0 Å². The van der Waals surface area contributed by atoms with Crippen LogP contribution >= 0.6 is 11.6 Å². The second kappa shape index (κ2) is 6.79. The number of benzene rings is 2. The number of hydrogen-bond acceptors (Lipinski definition) is 2. The van der Waals surface area contributed by atoms with E-state index in [-0.39, 0.29) is 0 Å². The molecule has 25 heavy (non-hydrogen) atoms. The number of halogens is 1. The monoisotopic (exact) mass is 370 g/mol. The van der Waals surface area contributed by atoms with Gasteiger partial charge in [-0.05, 0) is 54.8 Å². The van der Waals surface area contributed by atoms with E-state index in [1.807, 2.05) is 47.5 Å². The predicted molar refractivity (Wildman–Crippen MR) is 103 cm³/mol. The molecule has 1 heterocycles. The minimum absolute atomic E-state index is 0.315. The molecule has 128 valence electrons. The van der Waals surface area contributed by atoms with Gasteiger partial charge in [-0.2, -0.15) is 0 Å². The molecule has 1 N–H and O–H groups in total. The zero-order valence-electron chi connectivity index (χ0n) is 13.9. The third-order valence-corrected chi connectivity index (χ3v) is 6.28. The highest BCUT2D eigenvalue weighted by atomic mass is 35.5. The first kappa shape index (κ1) is 16.6. The van der Waals surface area contributed by atoms with Crippen molar-refractivity contribution in [1.82, 2.24) is 9.29 Å². The number of fused-ring (bicyclic) bond motifs is 1. The van der Waals surface area contributed by atoms with Gasteiger partial charge in [0, 0.05) is 17.3 Å². The standard InChI is InChI=1S/C20H19ClN2OS/c1-22-19-11-10-17-18(19)13-23(20(17)14-6-3-2-4-7-14)25(24)16-9-5-8-15(21)12-16/h2-9,12-13,19,22H,10-11H2,1H3. The average molecular weight is 371 g/mol. The van der Waals surface area contributed by atoms with Gasteiger partial charge in [-0.25, -0.2) is 4.21 Å². The number of nitrogens with one attached hydrogen (secondary N) is 1. The molecule has 0 radical (unpaired) electrons. The molecule has 5 heteroatoms. The number of nitrogens with zero attached hydrogens (tertiary/aromatic N) is 1. The fourth-order valence-corrected chi connectivity index (χ4v) is 5.06. The van der Waals surface area contributed by atoms with Crippen LogP contribution in [0.25, 0.3) is 11.3 Å². The van der Waals surface area contributed by atoms with Crippen molar-refractivity contribution < 1.29 is 4.21 Å². The van der Waals surface area contributed by atoms with Crippen LogP contribution in [0, 0.1) is 0 Å². The minimum Gasteiger partial charge on any atom is -0.313 e. The number of aromatic nitrogens is 1. The second-order valence-electron chi connectivity index (χ2n) is 6.19. The van der Waals surface area contributed by atoms with Crippen molar-refractivity contribution in [1.29, 1.82) is 0 Å². The maximum absolute atomic E-state index is 13.3. The van der Waals surface area contributed by atoms with Crippen molar-refractivity contribution in [2.75, 3.05) is 7.05 Å². The van der Waals surface area contributed by atoms with Gasteiger partial charge in [-0.1, -0.05) is 48.0 Å². The predicted octanol–water partition coefficient (Wildman–Crippen LogP) is 4.59. The average Bonchev–Trinajstić information content (AvgIpc) is 3.20. The minimum atomic E-state index is -1.34. The maximum atomic E-state index is 13.3. The Hall–Kier alpha value is -1.88. The molecule has 1 aromatic heterocycles. The molecule has 0 bridgehead atoms. The van der Waals surface area contributed by atoms with Crippen LogP contribution in [0.5, 0.6) is 0 Å². The molecule has 0 amide bonds. The van der Waals surface area contributed by atoms with Crippen LogP contribution in [-0.2, 0) is 17.4 Å². The maximum Gasteiger partial charge on any atom is 0.157 e. The van der Waals surface area contributed by atoms with Crippen molar-refractivity contribution in [3.8, 4) is 11.3 Å². The lowest BCUT2D eigenvalue weighted by molar-refractivity contribution is 0.587. The summed E-state index contributed by atoms with van der Waals surface area (Å²) in [5.41, 5.74) is 4.68. The third kappa shape index (κ3) is 2.95. The molecule has 2 aromatic carbocycles. The molecule has 4 rings (SSSR count). The van der Waals surface area contributed by atoms with Crippen molar-refractivity contribution in [2.24, 2.45) is 0 Å². The Kier molecular flexibility index (Phi) is 4.50. The highest BCUT2D eigenvalue weighted by molar-refractivity contribution is 7.83. The van der Waals surface area contributed by atoms with Crippen molar-refractivity contribution in [2.45, 2.75) is 23.8 Å². The first-order valence-electron chi connectivity index (χ1n) is 8.33. The van der Waals surface area contributed by atoms with E-state index in [2.05, 4.69) is 17.4 Å². The molecule has 0 fully saturated rings. The summed E-state index contributed by atoms with van der Waals surface area (Å²) in [6.07, 6.45) is 4.11. The molecular formula is C20H19ClN2OS. The van der Waals surface area contributed by atoms with Gasteiger partial charge in [0.2, 0.25) is 0 Å². The van der Waals surface area contributed by atoms with E-state index in [0.717, 1.165) is 24.1 Å². The van der Waals surface area contributed by atoms with E-state index in [9.17, 15) is 4.21 Å². The Morgan fingerprint density at radius 2 is 1.96 bits per heavy atom. The highest BCUT2D eigenvalue weighted by Gasteiger charge is 2.29. The molecule has 0 saturated heterocycles. The van der Waals surface area contributed by atoms with Crippen molar-refractivity contribution in [3.05, 3.63) is 76.9 Å².